The summed E-state index contributed by atoms with van der Waals surface area (Å²) in [5, 5.41) is 2.73. The molecule has 0 unspecified atom stereocenters. The van der Waals surface area contributed by atoms with Gasteiger partial charge in [0.15, 0.2) is 0 Å². The molecule has 0 spiro atoms. The van der Waals surface area contributed by atoms with Crippen molar-refractivity contribution in [1.29, 1.82) is 0 Å². The summed E-state index contributed by atoms with van der Waals surface area (Å²) in [7, 11) is -3.54. The Morgan fingerprint density at radius 2 is 1.89 bits per heavy atom. The van der Waals surface area contributed by atoms with Gasteiger partial charge in [0.2, 0.25) is 10.0 Å². The van der Waals surface area contributed by atoms with Crippen LogP contribution in [0, 0.1) is 0 Å². The van der Waals surface area contributed by atoms with Crippen molar-refractivity contribution in [3.05, 3.63) is 42.5 Å². The van der Waals surface area contributed by atoms with Crippen molar-refractivity contribution in [2.24, 2.45) is 0 Å². The predicted molar refractivity (Wildman–Crippen MR) is 74.4 cm³/mol. The maximum Gasteiger partial charge on any atom is 0.251 e. The van der Waals surface area contributed by atoms with Crippen molar-refractivity contribution >= 4 is 15.9 Å². The molecule has 1 rings (SSSR count). The molecule has 0 fully saturated rings. The lowest BCUT2D eigenvalue weighted by molar-refractivity contribution is 0.0943. The van der Waals surface area contributed by atoms with Crippen LogP contribution in [-0.4, -0.2) is 26.9 Å². The Kier molecular flexibility index (Phi) is 5.26. The Morgan fingerprint density at radius 3 is 2.37 bits per heavy atom. The first kappa shape index (κ1) is 15.4. The minimum Gasteiger partial charge on any atom is -0.350 e. The third kappa shape index (κ3) is 4.50. The highest BCUT2D eigenvalue weighted by molar-refractivity contribution is 7.89. The molecule has 1 aromatic rings. The van der Waals surface area contributed by atoms with Crippen LogP contribution in [0.5, 0.6) is 0 Å². The van der Waals surface area contributed by atoms with Gasteiger partial charge in [-0.2, -0.15) is 0 Å². The highest BCUT2D eigenvalue weighted by Crippen LogP contribution is 2.10. The molecular formula is C13H18N2O3S. The molecule has 0 aliphatic rings. The van der Waals surface area contributed by atoms with Gasteiger partial charge in [-0.3, -0.25) is 4.79 Å². The summed E-state index contributed by atoms with van der Waals surface area (Å²) in [4.78, 5) is 11.8. The first-order chi connectivity index (χ1) is 8.86. The van der Waals surface area contributed by atoms with Crippen LogP contribution in [-0.2, 0) is 10.0 Å². The fraction of sp³-hybridized carbons (Fsp3) is 0.308. The fourth-order valence-electron chi connectivity index (χ4n) is 1.38. The smallest absolute Gasteiger partial charge is 0.251 e. The number of benzene rings is 1. The van der Waals surface area contributed by atoms with Crippen molar-refractivity contribution in [2.45, 2.75) is 24.8 Å². The van der Waals surface area contributed by atoms with Crippen LogP contribution < -0.4 is 10.0 Å². The fourth-order valence-corrected chi connectivity index (χ4v) is 2.38. The molecule has 0 radical (unpaired) electrons. The monoisotopic (exact) mass is 282 g/mol. The lowest BCUT2D eigenvalue weighted by Crippen LogP contribution is -2.30. The molecule has 0 aliphatic heterocycles. The average molecular weight is 282 g/mol. The molecule has 0 heterocycles. The van der Waals surface area contributed by atoms with E-state index in [1.165, 1.54) is 30.3 Å². The van der Waals surface area contributed by atoms with Crippen LogP contribution in [0.25, 0.3) is 0 Å². The summed E-state index contributed by atoms with van der Waals surface area (Å²) >= 11 is 0. The van der Waals surface area contributed by atoms with Crippen LogP contribution in [0.15, 0.2) is 41.8 Å². The molecule has 0 saturated heterocycles. The van der Waals surface area contributed by atoms with E-state index in [4.69, 9.17) is 0 Å². The highest BCUT2D eigenvalue weighted by atomic mass is 32.2. The number of amides is 1. The van der Waals surface area contributed by atoms with Gasteiger partial charge in [0.1, 0.15) is 0 Å². The molecule has 0 aliphatic carbocycles. The van der Waals surface area contributed by atoms with E-state index >= 15 is 0 Å². The Balaban J connectivity index is 2.87. The van der Waals surface area contributed by atoms with Gasteiger partial charge in [0.25, 0.3) is 5.91 Å². The van der Waals surface area contributed by atoms with Crippen LogP contribution in [0.2, 0.25) is 0 Å². The maximum atomic E-state index is 11.8. The lowest BCUT2D eigenvalue weighted by Gasteiger charge is -2.09. The number of hydrogen-bond donors (Lipinski definition) is 2. The van der Waals surface area contributed by atoms with E-state index in [9.17, 15) is 13.2 Å². The summed E-state index contributed by atoms with van der Waals surface area (Å²) in [5.41, 5.74) is 0.427. The molecule has 5 nitrogen and oxygen atoms in total. The second-order valence-electron chi connectivity index (χ2n) is 4.29. The number of carbonyl (C=O) groups excluding carboxylic acids is 1. The largest absolute Gasteiger partial charge is 0.350 e. The van der Waals surface area contributed by atoms with E-state index in [-0.39, 0.29) is 23.4 Å². The Hall–Kier alpha value is -1.66. The van der Waals surface area contributed by atoms with Gasteiger partial charge in [0, 0.05) is 18.2 Å². The van der Waals surface area contributed by atoms with Crippen molar-refractivity contribution < 1.29 is 13.2 Å². The van der Waals surface area contributed by atoms with Gasteiger partial charge >= 0.3 is 0 Å². The average Bonchev–Trinajstić information content (AvgIpc) is 2.36. The van der Waals surface area contributed by atoms with E-state index in [0.717, 1.165) is 0 Å². The molecular weight excluding hydrogens is 264 g/mol. The highest BCUT2D eigenvalue weighted by Gasteiger charge is 2.14. The standard InChI is InChI=1S/C13H18N2O3S/c1-4-9-14-19(17,18)12-7-5-11(6-8-12)13(16)15-10(2)3/h4-8,10,14H,1,9H2,2-3H3,(H,15,16). The SMILES string of the molecule is C=CCNS(=O)(=O)c1ccc(C(=O)NC(C)C)cc1. The molecule has 0 atom stereocenters. The zero-order valence-electron chi connectivity index (χ0n) is 11.0. The van der Waals surface area contributed by atoms with Crippen LogP contribution in [0.4, 0.5) is 0 Å². The van der Waals surface area contributed by atoms with Gasteiger partial charge in [-0.15, -0.1) is 6.58 Å². The molecule has 1 aromatic carbocycles. The first-order valence-electron chi connectivity index (χ1n) is 5.88. The molecule has 104 valence electrons. The molecule has 0 bridgehead atoms. The van der Waals surface area contributed by atoms with E-state index in [0.29, 0.717) is 5.56 Å². The molecule has 0 saturated carbocycles. The lowest BCUT2D eigenvalue weighted by atomic mass is 10.2. The van der Waals surface area contributed by atoms with E-state index < -0.39 is 10.0 Å². The Morgan fingerprint density at radius 1 is 1.32 bits per heavy atom. The number of nitrogens with one attached hydrogen (secondary N) is 2. The van der Waals surface area contributed by atoms with Gasteiger partial charge in [-0.1, -0.05) is 6.08 Å². The van der Waals surface area contributed by atoms with Gasteiger partial charge in [-0.25, -0.2) is 13.1 Å². The summed E-state index contributed by atoms with van der Waals surface area (Å²) in [6.45, 7) is 7.32. The summed E-state index contributed by atoms with van der Waals surface area (Å²) < 4.78 is 25.9. The minimum atomic E-state index is -3.54. The molecule has 2 N–H and O–H groups in total. The molecule has 6 heteroatoms. The van der Waals surface area contributed by atoms with Gasteiger partial charge in [-0.05, 0) is 38.1 Å². The third-order valence-electron chi connectivity index (χ3n) is 2.26. The van der Waals surface area contributed by atoms with Gasteiger partial charge in [0.05, 0.1) is 4.90 Å². The van der Waals surface area contributed by atoms with Crippen molar-refractivity contribution in [2.75, 3.05) is 6.54 Å². The number of sulfonamides is 1. The Labute approximate surface area is 113 Å². The second kappa shape index (κ2) is 6.49. The van der Waals surface area contributed by atoms with Crippen molar-refractivity contribution in [3.63, 3.8) is 0 Å². The van der Waals surface area contributed by atoms with E-state index in [2.05, 4.69) is 16.6 Å². The van der Waals surface area contributed by atoms with E-state index in [1.54, 1.807) is 0 Å². The van der Waals surface area contributed by atoms with Crippen molar-refractivity contribution in [3.8, 4) is 0 Å². The molecule has 1 amide bonds. The normalized spacial score (nSPS) is 11.3. The summed E-state index contributed by atoms with van der Waals surface area (Å²) in [6.07, 6.45) is 1.46. The van der Waals surface area contributed by atoms with Gasteiger partial charge < -0.3 is 5.32 Å². The molecule has 19 heavy (non-hydrogen) atoms. The molecule has 0 aromatic heterocycles. The maximum absolute atomic E-state index is 11.8. The van der Waals surface area contributed by atoms with Crippen LogP contribution >= 0.6 is 0 Å². The first-order valence-corrected chi connectivity index (χ1v) is 7.36. The predicted octanol–water partition coefficient (Wildman–Crippen LogP) is 1.29. The Bertz CT molecular complexity index is 548. The van der Waals surface area contributed by atoms with Crippen LogP contribution in [0.3, 0.4) is 0 Å². The van der Waals surface area contributed by atoms with Crippen molar-refractivity contribution in [1.82, 2.24) is 10.0 Å². The minimum absolute atomic E-state index is 0.0326. The second-order valence-corrected chi connectivity index (χ2v) is 6.06. The van der Waals surface area contributed by atoms with Crippen LogP contribution in [0.1, 0.15) is 24.2 Å². The zero-order valence-corrected chi connectivity index (χ0v) is 11.8. The number of rotatable bonds is 6. The summed E-state index contributed by atoms with van der Waals surface area (Å²) in [6, 6.07) is 5.81. The summed E-state index contributed by atoms with van der Waals surface area (Å²) in [5.74, 6) is -0.224. The zero-order chi connectivity index (χ0) is 14.5. The quantitative estimate of drug-likeness (QED) is 0.772. The van der Waals surface area contributed by atoms with E-state index in [1.807, 2.05) is 13.8 Å². The third-order valence-corrected chi connectivity index (χ3v) is 3.70. The number of carbonyl (C=O) groups is 1. The number of hydrogen-bond acceptors (Lipinski definition) is 3. The topological polar surface area (TPSA) is 75.3 Å².